The second-order valence-corrected chi connectivity index (χ2v) is 5.74. The fourth-order valence-electron chi connectivity index (χ4n) is 2.32. The van der Waals surface area contributed by atoms with Gasteiger partial charge in [-0.15, -0.1) is 0 Å². The van der Waals surface area contributed by atoms with Crippen LogP contribution >= 0.6 is 23.2 Å². The molecular formula is C13H14Cl2N2O3. The summed E-state index contributed by atoms with van der Waals surface area (Å²) >= 11 is 11.7. The van der Waals surface area contributed by atoms with E-state index >= 15 is 0 Å². The summed E-state index contributed by atoms with van der Waals surface area (Å²) in [6.07, 6.45) is 1.19. The van der Waals surface area contributed by atoms with Crippen molar-refractivity contribution in [1.82, 2.24) is 9.88 Å². The quantitative estimate of drug-likeness (QED) is 0.852. The Kier molecular flexibility index (Phi) is 4.50. The molecule has 2 rings (SSSR count). The Morgan fingerprint density at radius 3 is 2.75 bits per heavy atom. The lowest BCUT2D eigenvalue weighted by atomic mass is 9.92. The van der Waals surface area contributed by atoms with E-state index in [1.807, 2.05) is 6.92 Å². The summed E-state index contributed by atoms with van der Waals surface area (Å²) in [5.41, 5.74) is -0.0000280. The average Bonchev–Trinajstić information content (AvgIpc) is 2.40. The third-order valence-corrected chi connectivity index (χ3v) is 3.94. The molecule has 0 spiro atoms. The number of carboxylic acid groups (broad SMARTS) is 1. The minimum atomic E-state index is -1.01. The summed E-state index contributed by atoms with van der Waals surface area (Å²) < 4.78 is 0. The number of hydrogen-bond donors (Lipinski definition) is 1. The molecule has 2 unspecified atom stereocenters. The van der Waals surface area contributed by atoms with Crippen LogP contribution in [0.3, 0.4) is 0 Å². The van der Waals surface area contributed by atoms with Crippen molar-refractivity contribution in [3.63, 3.8) is 0 Å². The summed E-state index contributed by atoms with van der Waals surface area (Å²) in [6.45, 7) is 2.35. The first-order chi connectivity index (χ1) is 9.40. The van der Waals surface area contributed by atoms with Crippen LogP contribution in [0.4, 0.5) is 0 Å². The summed E-state index contributed by atoms with van der Waals surface area (Å²) in [6, 6.07) is 2.11. The normalized spacial score (nSPS) is 22.6. The number of likely N-dealkylation sites (tertiary alicyclic amines) is 1. The van der Waals surface area contributed by atoms with Gasteiger partial charge in [-0.25, -0.2) is 9.78 Å². The number of halogens is 2. The second-order valence-electron chi connectivity index (χ2n) is 4.95. The molecule has 108 valence electrons. The van der Waals surface area contributed by atoms with Crippen LogP contribution in [-0.2, 0) is 4.79 Å². The fraction of sp³-hybridized carbons (Fsp3) is 0.462. The molecule has 1 saturated heterocycles. The summed E-state index contributed by atoms with van der Waals surface area (Å²) in [5, 5.41) is 9.59. The molecule has 2 atom stereocenters. The Labute approximate surface area is 126 Å². The van der Waals surface area contributed by atoms with E-state index < -0.39 is 17.9 Å². The first-order valence-corrected chi connectivity index (χ1v) is 7.01. The second kappa shape index (κ2) is 5.97. The lowest BCUT2D eigenvalue weighted by molar-refractivity contribution is -0.144. The number of hydrogen-bond acceptors (Lipinski definition) is 3. The van der Waals surface area contributed by atoms with Crippen LogP contribution in [0.5, 0.6) is 0 Å². The monoisotopic (exact) mass is 316 g/mol. The Balaban J connectivity index is 2.31. The van der Waals surface area contributed by atoms with Gasteiger partial charge in [0.2, 0.25) is 0 Å². The molecule has 1 amide bonds. The molecule has 0 aromatic carbocycles. The molecule has 7 heteroatoms. The molecule has 1 N–H and O–H groups in total. The van der Waals surface area contributed by atoms with Crippen molar-refractivity contribution in [1.29, 1.82) is 0 Å². The highest BCUT2D eigenvalue weighted by molar-refractivity contribution is 6.34. The van der Waals surface area contributed by atoms with Crippen LogP contribution in [-0.4, -0.2) is 39.5 Å². The number of amides is 1. The van der Waals surface area contributed by atoms with Gasteiger partial charge in [-0.05, 0) is 30.9 Å². The lowest BCUT2D eigenvalue weighted by Gasteiger charge is -2.35. The molecule has 0 saturated carbocycles. The highest BCUT2D eigenvalue weighted by atomic mass is 35.5. The molecule has 0 radical (unpaired) electrons. The molecule has 2 heterocycles. The summed E-state index contributed by atoms with van der Waals surface area (Å²) in [4.78, 5) is 29.0. The molecule has 1 fully saturated rings. The van der Waals surface area contributed by atoms with Gasteiger partial charge in [0.15, 0.2) is 0 Å². The number of nitrogens with zero attached hydrogens (tertiary/aromatic N) is 2. The largest absolute Gasteiger partial charge is 0.480 e. The molecule has 20 heavy (non-hydrogen) atoms. The highest BCUT2D eigenvalue weighted by Crippen LogP contribution is 2.26. The standard InChI is InChI=1S/C13H14Cl2N2O3/c1-7-4-5-17(9(6-7)13(19)20)12(18)11-8(14)2-3-10(15)16-11/h2-3,7,9H,4-6H2,1H3,(H,19,20). The zero-order valence-corrected chi connectivity index (χ0v) is 12.4. The molecule has 0 bridgehead atoms. The van der Waals surface area contributed by atoms with Gasteiger partial charge in [0.05, 0.1) is 5.02 Å². The Morgan fingerprint density at radius 1 is 1.40 bits per heavy atom. The van der Waals surface area contributed by atoms with Crippen molar-refractivity contribution < 1.29 is 14.7 Å². The highest BCUT2D eigenvalue weighted by Gasteiger charge is 2.36. The summed E-state index contributed by atoms with van der Waals surface area (Å²) in [7, 11) is 0. The zero-order valence-electron chi connectivity index (χ0n) is 10.8. The predicted octanol–water partition coefficient (Wildman–Crippen LogP) is 2.71. The third-order valence-electron chi connectivity index (χ3n) is 3.43. The van der Waals surface area contributed by atoms with Crippen molar-refractivity contribution in [2.45, 2.75) is 25.8 Å². The number of piperidine rings is 1. The molecule has 1 aromatic heterocycles. The molecule has 1 aliphatic rings. The van der Waals surface area contributed by atoms with Gasteiger partial charge in [-0.2, -0.15) is 0 Å². The van der Waals surface area contributed by atoms with Crippen LogP contribution in [0.25, 0.3) is 0 Å². The number of carbonyl (C=O) groups is 2. The van der Waals surface area contributed by atoms with Crippen molar-refractivity contribution in [2.75, 3.05) is 6.54 Å². The van der Waals surface area contributed by atoms with E-state index in [9.17, 15) is 14.7 Å². The minimum Gasteiger partial charge on any atom is -0.480 e. The molecule has 5 nitrogen and oxygen atoms in total. The third kappa shape index (κ3) is 3.04. The summed E-state index contributed by atoms with van der Waals surface area (Å²) in [5.74, 6) is -1.23. The van der Waals surface area contributed by atoms with Crippen LogP contribution in [0.2, 0.25) is 10.2 Å². The van der Waals surface area contributed by atoms with E-state index in [2.05, 4.69) is 4.98 Å². The maximum atomic E-state index is 12.5. The van der Waals surface area contributed by atoms with Crippen molar-refractivity contribution in [3.05, 3.63) is 28.0 Å². The van der Waals surface area contributed by atoms with Crippen molar-refractivity contribution in [3.8, 4) is 0 Å². The number of aliphatic carboxylic acids is 1. The Hall–Kier alpha value is -1.33. The molecule has 1 aliphatic heterocycles. The van der Waals surface area contributed by atoms with Crippen LogP contribution in [0, 0.1) is 5.92 Å². The number of pyridine rings is 1. The van der Waals surface area contributed by atoms with Gasteiger partial charge in [0, 0.05) is 6.54 Å². The maximum Gasteiger partial charge on any atom is 0.326 e. The topological polar surface area (TPSA) is 70.5 Å². The van der Waals surface area contributed by atoms with Crippen molar-refractivity contribution >= 4 is 35.1 Å². The van der Waals surface area contributed by atoms with E-state index in [1.165, 1.54) is 17.0 Å². The smallest absolute Gasteiger partial charge is 0.326 e. The average molecular weight is 317 g/mol. The van der Waals surface area contributed by atoms with E-state index in [4.69, 9.17) is 23.2 Å². The fourth-order valence-corrected chi connectivity index (χ4v) is 2.66. The first-order valence-electron chi connectivity index (χ1n) is 6.26. The van der Waals surface area contributed by atoms with Gasteiger partial charge in [-0.1, -0.05) is 30.1 Å². The maximum absolute atomic E-state index is 12.5. The molecule has 1 aromatic rings. The van der Waals surface area contributed by atoms with E-state index in [0.717, 1.165) is 6.42 Å². The van der Waals surface area contributed by atoms with Gasteiger partial charge in [0.1, 0.15) is 16.9 Å². The Bertz CT molecular complexity index is 550. The molecular weight excluding hydrogens is 303 g/mol. The van der Waals surface area contributed by atoms with E-state index in [1.54, 1.807) is 0 Å². The first kappa shape index (κ1) is 15.1. The van der Waals surface area contributed by atoms with Crippen LogP contribution in [0.15, 0.2) is 12.1 Å². The number of aromatic nitrogens is 1. The number of carbonyl (C=O) groups excluding carboxylic acids is 1. The van der Waals surface area contributed by atoms with Crippen LogP contribution < -0.4 is 0 Å². The van der Waals surface area contributed by atoms with Gasteiger partial charge >= 0.3 is 5.97 Å². The van der Waals surface area contributed by atoms with Crippen molar-refractivity contribution in [2.24, 2.45) is 5.92 Å². The Morgan fingerprint density at radius 2 is 2.10 bits per heavy atom. The SMILES string of the molecule is CC1CCN(C(=O)c2nc(Cl)ccc2Cl)C(C(=O)O)C1. The lowest BCUT2D eigenvalue weighted by Crippen LogP contribution is -2.50. The van der Waals surface area contributed by atoms with Crippen LogP contribution in [0.1, 0.15) is 30.3 Å². The predicted molar refractivity (Wildman–Crippen MR) is 75.1 cm³/mol. The van der Waals surface area contributed by atoms with Gasteiger partial charge < -0.3 is 10.0 Å². The van der Waals surface area contributed by atoms with Gasteiger partial charge in [-0.3, -0.25) is 4.79 Å². The van der Waals surface area contributed by atoms with Gasteiger partial charge in [0.25, 0.3) is 5.91 Å². The number of carboxylic acids is 1. The van der Waals surface area contributed by atoms with E-state index in [-0.39, 0.29) is 21.8 Å². The number of rotatable bonds is 2. The van der Waals surface area contributed by atoms with E-state index in [0.29, 0.717) is 13.0 Å². The zero-order chi connectivity index (χ0) is 14.9. The minimum absolute atomic E-state index is 0.0000280. The molecule has 0 aliphatic carbocycles.